The summed E-state index contributed by atoms with van der Waals surface area (Å²) in [6, 6.07) is 4.06. The van der Waals surface area contributed by atoms with Crippen molar-refractivity contribution >= 4 is 34.1 Å². The van der Waals surface area contributed by atoms with Gasteiger partial charge in [-0.2, -0.15) is 0 Å². The van der Waals surface area contributed by atoms with Crippen molar-refractivity contribution < 1.29 is 0 Å². The SMILES string of the molecule is Cc1cnc2c(Cl)cc(C(C)(C)C)cc2c1Cl. The highest BCUT2D eigenvalue weighted by Crippen LogP contribution is 2.34. The summed E-state index contributed by atoms with van der Waals surface area (Å²) in [7, 11) is 0. The molecule has 0 fully saturated rings. The van der Waals surface area contributed by atoms with Gasteiger partial charge in [-0.25, -0.2) is 0 Å². The van der Waals surface area contributed by atoms with E-state index >= 15 is 0 Å². The van der Waals surface area contributed by atoms with E-state index in [9.17, 15) is 0 Å². The summed E-state index contributed by atoms with van der Waals surface area (Å²) in [6.45, 7) is 8.41. The van der Waals surface area contributed by atoms with E-state index in [0.717, 1.165) is 21.5 Å². The fourth-order valence-corrected chi connectivity index (χ4v) is 2.22. The number of rotatable bonds is 0. The van der Waals surface area contributed by atoms with Crippen LogP contribution in [0, 0.1) is 6.92 Å². The molecule has 0 saturated carbocycles. The maximum absolute atomic E-state index is 6.32. The summed E-state index contributed by atoms with van der Waals surface area (Å²) in [5.74, 6) is 0. The minimum absolute atomic E-state index is 0.0465. The quantitative estimate of drug-likeness (QED) is 0.644. The van der Waals surface area contributed by atoms with Gasteiger partial charge in [0.2, 0.25) is 0 Å². The minimum atomic E-state index is 0.0465. The molecular weight excluding hydrogens is 253 g/mol. The van der Waals surface area contributed by atoms with Crippen LogP contribution in [0.25, 0.3) is 10.9 Å². The Morgan fingerprint density at radius 3 is 2.35 bits per heavy atom. The smallest absolute Gasteiger partial charge is 0.0903 e. The van der Waals surface area contributed by atoms with Crippen LogP contribution in [0.4, 0.5) is 0 Å². The zero-order valence-electron chi connectivity index (χ0n) is 10.4. The van der Waals surface area contributed by atoms with E-state index in [4.69, 9.17) is 23.2 Å². The Labute approximate surface area is 112 Å². The van der Waals surface area contributed by atoms with E-state index in [-0.39, 0.29) is 5.41 Å². The molecule has 0 aliphatic carbocycles. The molecule has 1 heterocycles. The van der Waals surface area contributed by atoms with Gasteiger partial charge in [0.05, 0.1) is 15.6 Å². The van der Waals surface area contributed by atoms with Crippen LogP contribution in [0.1, 0.15) is 31.9 Å². The molecule has 0 atom stereocenters. The molecule has 0 N–H and O–H groups in total. The summed E-state index contributed by atoms with van der Waals surface area (Å²) in [5.41, 5.74) is 2.96. The zero-order chi connectivity index (χ0) is 12.8. The number of hydrogen-bond donors (Lipinski definition) is 0. The van der Waals surface area contributed by atoms with Crippen molar-refractivity contribution in [3.05, 3.63) is 39.5 Å². The first kappa shape index (κ1) is 12.7. The lowest BCUT2D eigenvalue weighted by Gasteiger charge is -2.20. The average molecular weight is 268 g/mol. The first-order valence-corrected chi connectivity index (χ1v) is 6.31. The van der Waals surface area contributed by atoms with Crippen molar-refractivity contribution in [2.24, 2.45) is 0 Å². The molecule has 0 spiro atoms. The number of halogens is 2. The highest BCUT2D eigenvalue weighted by molar-refractivity contribution is 6.39. The van der Waals surface area contributed by atoms with Crippen LogP contribution in [-0.2, 0) is 5.41 Å². The van der Waals surface area contributed by atoms with Gasteiger partial charge in [-0.15, -0.1) is 0 Å². The Morgan fingerprint density at radius 2 is 1.76 bits per heavy atom. The summed E-state index contributed by atoms with van der Waals surface area (Å²) in [6.07, 6.45) is 1.76. The third-order valence-electron chi connectivity index (χ3n) is 2.90. The fraction of sp³-hybridized carbons (Fsp3) is 0.357. The lowest BCUT2D eigenvalue weighted by atomic mass is 9.86. The predicted molar refractivity (Wildman–Crippen MR) is 75.2 cm³/mol. The van der Waals surface area contributed by atoms with Gasteiger partial charge in [0.1, 0.15) is 0 Å². The Morgan fingerprint density at radius 1 is 1.12 bits per heavy atom. The lowest BCUT2D eigenvalue weighted by molar-refractivity contribution is 0.591. The normalized spacial score (nSPS) is 12.1. The van der Waals surface area contributed by atoms with E-state index in [0.29, 0.717) is 5.02 Å². The third kappa shape index (κ3) is 2.27. The van der Waals surface area contributed by atoms with Crippen LogP contribution in [0.2, 0.25) is 10.0 Å². The molecule has 0 bridgehead atoms. The summed E-state index contributed by atoms with van der Waals surface area (Å²) < 4.78 is 0. The Balaban J connectivity index is 2.84. The largest absolute Gasteiger partial charge is 0.254 e. The topological polar surface area (TPSA) is 12.9 Å². The number of aryl methyl sites for hydroxylation is 1. The second-order valence-electron chi connectivity index (χ2n) is 5.36. The second kappa shape index (κ2) is 4.15. The van der Waals surface area contributed by atoms with E-state index in [1.807, 2.05) is 13.0 Å². The Bertz CT molecular complexity index is 583. The van der Waals surface area contributed by atoms with Crippen LogP contribution in [0.15, 0.2) is 18.3 Å². The van der Waals surface area contributed by atoms with Gasteiger partial charge < -0.3 is 0 Å². The van der Waals surface area contributed by atoms with Gasteiger partial charge in [-0.1, -0.05) is 44.0 Å². The highest BCUT2D eigenvalue weighted by atomic mass is 35.5. The Kier molecular flexibility index (Phi) is 3.09. The molecule has 17 heavy (non-hydrogen) atoms. The van der Waals surface area contributed by atoms with Crippen molar-refractivity contribution in [2.75, 3.05) is 0 Å². The molecular formula is C14H15Cl2N. The number of hydrogen-bond acceptors (Lipinski definition) is 1. The van der Waals surface area contributed by atoms with Crippen LogP contribution in [0.5, 0.6) is 0 Å². The second-order valence-corrected chi connectivity index (χ2v) is 6.14. The van der Waals surface area contributed by atoms with Gasteiger partial charge in [0, 0.05) is 11.6 Å². The lowest BCUT2D eigenvalue weighted by Crippen LogP contribution is -2.11. The number of benzene rings is 1. The molecule has 0 aliphatic rings. The summed E-state index contributed by atoms with van der Waals surface area (Å²) >= 11 is 12.6. The molecule has 0 amide bonds. The number of pyridine rings is 1. The van der Waals surface area contributed by atoms with E-state index < -0.39 is 0 Å². The summed E-state index contributed by atoms with van der Waals surface area (Å²) in [5, 5.41) is 2.33. The maximum atomic E-state index is 6.32. The number of fused-ring (bicyclic) bond motifs is 1. The van der Waals surface area contributed by atoms with Crippen molar-refractivity contribution in [3.8, 4) is 0 Å². The van der Waals surface area contributed by atoms with E-state index in [1.165, 1.54) is 5.56 Å². The third-order valence-corrected chi connectivity index (χ3v) is 3.69. The van der Waals surface area contributed by atoms with E-state index in [2.05, 4.69) is 31.8 Å². The molecule has 2 aromatic rings. The molecule has 90 valence electrons. The van der Waals surface area contributed by atoms with Gasteiger partial charge in [-0.05, 0) is 35.6 Å². The molecule has 3 heteroatoms. The molecule has 2 rings (SSSR count). The Hall–Kier alpha value is -0.790. The molecule has 0 aliphatic heterocycles. The van der Waals surface area contributed by atoms with Gasteiger partial charge >= 0.3 is 0 Å². The van der Waals surface area contributed by atoms with Gasteiger partial charge in [0.15, 0.2) is 0 Å². The number of aromatic nitrogens is 1. The van der Waals surface area contributed by atoms with Crippen LogP contribution in [-0.4, -0.2) is 4.98 Å². The van der Waals surface area contributed by atoms with Crippen molar-refractivity contribution in [1.82, 2.24) is 4.98 Å². The minimum Gasteiger partial charge on any atom is -0.254 e. The molecule has 1 nitrogen and oxygen atoms in total. The number of nitrogens with zero attached hydrogens (tertiary/aromatic N) is 1. The first-order valence-electron chi connectivity index (χ1n) is 5.55. The molecule has 0 saturated heterocycles. The molecule has 0 radical (unpaired) electrons. The van der Waals surface area contributed by atoms with Crippen LogP contribution >= 0.6 is 23.2 Å². The van der Waals surface area contributed by atoms with Crippen molar-refractivity contribution in [1.29, 1.82) is 0 Å². The maximum Gasteiger partial charge on any atom is 0.0903 e. The van der Waals surface area contributed by atoms with E-state index in [1.54, 1.807) is 6.20 Å². The summed E-state index contributed by atoms with van der Waals surface area (Å²) in [4.78, 5) is 4.35. The van der Waals surface area contributed by atoms with Gasteiger partial charge in [0.25, 0.3) is 0 Å². The first-order chi connectivity index (χ1) is 7.80. The standard InChI is InChI=1S/C14H15Cl2N/c1-8-7-17-13-10(12(8)16)5-9(6-11(13)15)14(2,3)4/h5-7H,1-4H3. The van der Waals surface area contributed by atoms with Crippen molar-refractivity contribution in [2.45, 2.75) is 33.1 Å². The predicted octanol–water partition coefficient (Wildman–Crippen LogP) is 5.15. The monoisotopic (exact) mass is 267 g/mol. The van der Waals surface area contributed by atoms with Crippen LogP contribution < -0.4 is 0 Å². The highest BCUT2D eigenvalue weighted by Gasteiger charge is 2.17. The van der Waals surface area contributed by atoms with Crippen molar-refractivity contribution in [3.63, 3.8) is 0 Å². The molecule has 1 aromatic heterocycles. The van der Waals surface area contributed by atoms with Gasteiger partial charge in [-0.3, -0.25) is 4.98 Å². The van der Waals surface area contributed by atoms with Crippen LogP contribution in [0.3, 0.4) is 0 Å². The zero-order valence-corrected chi connectivity index (χ0v) is 11.9. The fourth-order valence-electron chi connectivity index (χ4n) is 1.76. The molecule has 0 unspecified atom stereocenters. The average Bonchev–Trinajstić information content (AvgIpc) is 2.22. The molecule has 1 aromatic carbocycles.